The molecule has 1 fully saturated rings. The van der Waals surface area contributed by atoms with Crippen LogP contribution in [0.4, 0.5) is 0 Å². The predicted octanol–water partition coefficient (Wildman–Crippen LogP) is 2.69. The van der Waals surface area contributed by atoms with Crippen LogP contribution in [0.15, 0.2) is 24.3 Å². The summed E-state index contributed by atoms with van der Waals surface area (Å²) in [6.45, 7) is 3.01. The number of aromatic carboxylic acids is 1. The molecule has 1 aromatic carbocycles. The molecule has 0 aliphatic heterocycles. The molecule has 0 atom stereocenters. The van der Waals surface area contributed by atoms with Gasteiger partial charge in [-0.15, -0.1) is 0 Å². The van der Waals surface area contributed by atoms with Crippen LogP contribution in [0.25, 0.3) is 0 Å². The maximum atomic E-state index is 11.8. The Balaban J connectivity index is 2.09. The van der Waals surface area contributed by atoms with Crippen LogP contribution in [0.1, 0.15) is 48.5 Å². The molecule has 5 heteroatoms. The van der Waals surface area contributed by atoms with E-state index in [1.807, 2.05) is 6.07 Å². The molecule has 120 valence electrons. The lowest BCUT2D eigenvalue weighted by molar-refractivity contribution is -0.145. The summed E-state index contributed by atoms with van der Waals surface area (Å²) in [5.74, 6) is -1.15. The molecule has 1 aliphatic rings. The van der Waals surface area contributed by atoms with Gasteiger partial charge in [-0.3, -0.25) is 9.69 Å². The highest BCUT2D eigenvalue weighted by Gasteiger charge is 2.25. The standard InChI is InChI=1S/C17H23NO4/c1-2-22-16(19)12-18(15-8-3-4-9-15)11-13-6-5-7-14(10-13)17(20)21/h5-7,10,15H,2-4,8-9,11-12H2,1H3,(H,20,21). The third-order valence-corrected chi connectivity index (χ3v) is 4.04. The van der Waals surface area contributed by atoms with Crippen molar-refractivity contribution >= 4 is 11.9 Å². The second-order valence-corrected chi connectivity index (χ2v) is 5.65. The molecule has 0 amide bonds. The van der Waals surface area contributed by atoms with E-state index in [9.17, 15) is 9.59 Å². The molecule has 1 aliphatic carbocycles. The van der Waals surface area contributed by atoms with E-state index in [0.717, 1.165) is 18.4 Å². The molecular formula is C17H23NO4. The first kappa shape index (κ1) is 16.5. The van der Waals surface area contributed by atoms with Gasteiger partial charge in [0, 0.05) is 12.6 Å². The van der Waals surface area contributed by atoms with E-state index in [-0.39, 0.29) is 18.1 Å². The Bertz CT molecular complexity index is 523. The number of rotatable bonds is 7. The fourth-order valence-electron chi connectivity index (χ4n) is 2.99. The van der Waals surface area contributed by atoms with Crippen LogP contribution in [0.5, 0.6) is 0 Å². The molecule has 0 heterocycles. The van der Waals surface area contributed by atoms with E-state index in [0.29, 0.717) is 19.2 Å². The first-order valence-corrected chi connectivity index (χ1v) is 7.82. The Kier molecular flexibility index (Phi) is 5.95. The van der Waals surface area contributed by atoms with Crippen molar-refractivity contribution in [1.29, 1.82) is 0 Å². The molecule has 1 saturated carbocycles. The zero-order chi connectivity index (χ0) is 15.9. The average molecular weight is 305 g/mol. The number of ether oxygens (including phenoxy) is 1. The van der Waals surface area contributed by atoms with Gasteiger partial charge in [0.2, 0.25) is 0 Å². The lowest BCUT2D eigenvalue weighted by Gasteiger charge is -2.28. The van der Waals surface area contributed by atoms with Gasteiger partial charge in [0.15, 0.2) is 0 Å². The number of esters is 1. The van der Waals surface area contributed by atoms with Crippen molar-refractivity contribution in [3.05, 3.63) is 35.4 Å². The van der Waals surface area contributed by atoms with Gasteiger partial charge in [0.05, 0.1) is 18.7 Å². The maximum Gasteiger partial charge on any atom is 0.335 e. The van der Waals surface area contributed by atoms with Gasteiger partial charge in [-0.05, 0) is 37.5 Å². The normalized spacial score (nSPS) is 15.2. The number of benzene rings is 1. The zero-order valence-corrected chi connectivity index (χ0v) is 13.0. The molecule has 1 aromatic rings. The molecule has 0 saturated heterocycles. The Labute approximate surface area is 130 Å². The molecule has 0 aromatic heterocycles. The second-order valence-electron chi connectivity index (χ2n) is 5.65. The molecule has 0 unspecified atom stereocenters. The fourth-order valence-corrected chi connectivity index (χ4v) is 2.99. The first-order chi connectivity index (χ1) is 10.6. The Hall–Kier alpha value is -1.88. The van der Waals surface area contributed by atoms with E-state index >= 15 is 0 Å². The molecule has 5 nitrogen and oxygen atoms in total. The van der Waals surface area contributed by atoms with Crippen LogP contribution < -0.4 is 0 Å². The van der Waals surface area contributed by atoms with Crippen molar-refractivity contribution in [1.82, 2.24) is 4.90 Å². The molecule has 1 N–H and O–H groups in total. The van der Waals surface area contributed by atoms with Crippen molar-refractivity contribution in [2.75, 3.05) is 13.2 Å². The van der Waals surface area contributed by atoms with Crippen LogP contribution in [0.3, 0.4) is 0 Å². The summed E-state index contributed by atoms with van der Waals surface area (Å²) in [5.41, 5.74) is 1.19. The van der Waals surface area contributed by atoms with Gasteiger partial charge in [-0.1, -0.05) is 25.0 Å². The zero-order valence-electron chi connectivity index (χ0n) is 13.0. The number of carbonyl (C=O) groups is 2. The minimum Gasteiger partial charge on any atom is -0.478 e. The van der Waals surface area contributed by atoms with Crippen LogP contribution in [0.2, 0.25) is 0 Å². The van der Waals surface area contributed by atoms with Crippen molar-refractivity contribution in [2.24, 2.45) is 0 Å². The Morgan fingerprint density at radius 1 is 1.32 bits per heavy atom. The SMILES string of the molecule is CCOC(=O)CN(Cc1cccc(C(=O)O)c1)C1CCCC1. The summed E-state index contributed by atoms with van der Waals surface area (Å²) in [5, 5.41) is 9.08. The van der Waals surface area contributed by atoms with Crippen LogP contribution in [-0.4, -0.2) is 41.1 Å². The predicted molar refractivity (Wildman–Crippen MR) is 82.7 cm³/mol. The quantitative estimate of drug-likeness (QED) is 0.785. The van der Waals surface area contributed by atoms with E-state index in [4.69, 9.17) is 9.84 Å². The summed E-state index contributed by atoms with van der Waals surface area (Å²) in [4.78, 5) is 25.0. The third kappa shape index (κ3) is 4.56. The molecule has 0 bridgehead atoms. The number of carboxylic acids is 1. The minimum absolute atomic E-state index is 0.219. The van der Waals surface area contributed by atoms with Crippen molar-refractivity contribution in [2.45, 2.75) is 45.2 Å². The summed E-state index contributed by atoms with van der Waals surface area (Å²) in [7, 11) is 0. The van der Waals surface area contributed by atoms with Crippen LogP contribution in [-0.2, 0) is 16.1 Å². The number of hydrogen-bond acceptors (Lipinski definition) is 4. The molecular weight excluding hydrogens is 282 g/mol. The van der Waals surface area contributed by atoms with Gasteiger partial charge in [0.1, 0.15) is 0 Å². The lowest BCUT2D eigenvalue weighted by Crippen LogP contribution is -2.37. The minimum atomic E-state index is -0.931. The molecule has 2 rings (SSSR count). The van der Waals surface area contributed by atoms with Gasteiger partial charge in [-0.2, -0.15) is 0 Å². The highest BCUT2D eigenvalue weighted by molar-refractivity contribution is 5.87. The summed E-state index contributed by atoms with van der Waals surface area (Å²) >= 11 is 0. The monoisotopic (exact) mass is 305 g/mol. The maximum absolute atomic E-state index is 11.8. The van der Waals surface area contributed by atoms with Gasteiger partial charge >= 0.3 is 11.9 Å². The van der Waals surface area contributed by atoms with Crippen molar-refractivity contribution < 1.29 is 19.4 Å². The Morgan fingerprint density at radius 3 is 2.68 bits per heavy atom. The van der Waals surface area contributed by atoms with Gasteiger partial charge in [-0.25, -0.2) is 4.79 Å². The van der Waals surface area contributed by atoms with Crippen LogP contribution in [0, 0.1) is 0 Å². The van der Waals surface area contributed by atoms with Crippen LogP contribution >= 0.6 is 0 Å². The van der Waals surface area contributed by atoms with E-state index in [1.165, 1.54) is 12.8 Å². The summed E-state index contributed by atoms with van der Waals surface area (Å²) in [6.07, 6.45) is 4.52. The third-order valence-electron chi connectivity index (χ3n) is 4.04. The lowest BCUT2D eigenvalue weighted by atomic mass is 10.1. The number of carbonyl (C=O) groups excluding carboxylic acids is 1. The second kappa shape index (κ2) is 7.94. The molecule has 22 heavy (non-hydrogen) atoms. The smallest absolute Gasteiger partial charge is 0.335 e. The van der Waals surface area contributed by atoms with E-state index < -0.39 is 5.97 Å². The van der Waals surface area contributed by atoms with E-state index in [1.54, 1.807) is 25.1 Å². The van der Waals surface area contributed by atoms with Gasteiger partial charge < -0.3 is 9.84 Å². The number of hydrogen-bond donors (Lipinski definition) is 1. The highest BCUT2D eigenvalue weighted by Crippen LogP contribution is 2.25. The van der Waals surface area contributed by atoms with Crippen molar-refractivity contribution in [3.63, 3.8) is 0 Å². The van der Waals surface area contributed by atoms with Crippen molar-refractivity contribution in [3.8, 4) is 0 Å². The fraction of sp³-hybridized carbons (Fsp3) is 0.529. The summed E-state index contributed by atoms with van der Waals surface area (Å²) in [6, 6.07) is 7.28. The van der Waals surface area contributed by atoms with Gasteiger partial charge in [0.25, 0.3) is 0 Å². The largest absolute Gasteiger partial charge is 0.478 e. The topological polar surface area (TPSA) is 66.8 Å². The molecule has 0 spiro atoms. The Morgan fingerprint density at radius 2 is 2.05 bits per heavy atom. The number of nitrogens with zero attached hydrogens (tertiary/aromatic N) is 1. The highest BCUT2D eigenvalue weighted by atomic mass is 16.5. The van der Waals surface area contributed by atoms with E-state index in [2.05, 4.69) is 4.90 Å². The number of carboxylic acid groups (broad SMARTS) is 1. The molecule has 0 radical (unpaired) electrons. The summed E-state index contributed by atoms with van der Waals surface area (Å²) < 4.78 is 5.06. The first-order valence-electron chi connectivity index (χ1n) is 7.82. The average Bonchev–Trinajstić information content (AvgIpc) is 3.01.